The van der Waals surface area contributed by atoms with Gasteiger partial charge in [0.15, 0.2) is 0 Å². The van der Waals surface area contributed by atoms with Crippen LogP contribution in [0, 0.1) is 5.92 Å². The number of phenolic OH excluding ortho intramolecular Hbond substituents is 1. The average Bonchev–Trinajstić information content (AvgIpc) is 2.74. The van der Waals surface area contributed by atoms with Gasteiger partial charge in [-0.25, -0.2) is 0 Å². The Bertz CT molecular complexity index is 977. The minimum atomic E-state index is -4.93. The monoisotopic (exact) mass is 477 g/mol. The third-order valence-corrected chi connectivity index (χ3v) is 6.71. The summed E-state index contributed by atoms with van der Waals surface area (Å²) in [7, 11) is -3.36. The van der Waals surface area contributed by atoms with Gasteiger partial charge in [0.1, 0.15) is 17.6 Å². The average molecular weight is 477 g/mol. The Morgan fingerprint density at radius 2 is 1.55 bits per heavy atom. The summed E-state index contributed by atoms with van der Waals surface area (Å²) in [5.41, 5.74) is 6.87. The number of nitrogens with two attached hydrogens (primary N) is 1. The molecular weight excluding hydrogens is 445 g/mol. The zero-order valence-electron chi connectivity index (χ0n) is 19.0. The summed E-state index contributed by atoms with van der Waals surface area (Å²) in [6.45, 7) is 3.58. The number of likely N-dealkylation sites (N-methyl/N-ethyl adjacent to an activating group) is 1. The van der Waals surface area contributed by atoms with Crippen LogP contribution in [0.25, 0.3) is 0 Å². The van der Waals surface area contributed by atoms with Crippen LogP contribution >= 0.6 is 7.60 Å². The lowest BCUT2D eigenvalue weighted by Crippen LogP contribution is -2.59. The van der Waals surface area contributed by atoms with E-state index < -0.39 is 37.3 Å². The van der Waals surface area contributed by atoms with Gasteiger partial charge < -0.3 is 30.8 Å². The topological polar surface area (TPSA) is 153 Å². The Hall–Kier alpha value is -2.71. The van der Waals surface area contributed by atoms with Crippen molar-refractivity contribution in [1.29, 1.82) is 0 Å². The van der Waals surface area contributed by atoms with E-state index >= 15 is 0 Å². The summed E-state index contributed by atoms with van der Waals surface area (Å²) < 4.78 is 12.7. The van der Waals surface area contributed by atoms with Crippen molar-refractivity contribution in [3.63, 3.8) is 0 Å². The molecule has 10 heteroatoms. The van der Waals surface area contributed by atoms with E-state index in [0.29, 0.717) is 11.1 Å². The Kier molecular flexibility index (Phi) is 9.19. The molecule has 0 spiro atoms. The molecule has 0 unspecified atom stereocenters. The number of primary amides is 1. The number of nitrogens with one attached hydrogen (secondary N) is 1. The highest BCUT2D eigenvalue weighted by Gasteiger charge is 2.45. The number of hydrogen-bond donors (Lipinski definition) is 5. The van der Waals surface area contributed by atoms with Crippen LogP contribution < -0.4 is 11.1 Å². The number of nitrogens with zero attached hydrogens (tertiary/aromatic N) is 1. The van der Waals surface area contributed by atoms with E-state index in [0.717, 1.165) is 4.90 Å². The largest absolute Gasteiger partial charge is 0.508 e. The first-order valence-corrected chi connectivity index (χ1v) is 12.3. The molecule has 2 aromatic carbocycles. The van der Waals surface area contributed by atoms with Gasteiger partial charge >= 0.3 is 7.60 Å². The molecule has 2 aromatic rings. The zero-order valence-corrected chi connectivity index (χ0v) is 19.9. The highest BCUT2D eigenvalue weighted by molar-refractivity contribution is 7.52. The lowest BCUT2D eigenvalue weighted by atomic mass is 9.98. The molecule has 0 heterocycles. The normalized spacial score (nSPS) is 14.5. The number of aromatic hydroxyl groups is 1. The van der Waals surface area contributed by atoms with E-state index in [2.05, 4.69) is 5.32 Å². The van der Waals surface area contributed by atoms with Crippen LogP contribution in [0.1, 0.15) is 25.0 Å². The molecule has 6 N–H and O–H groups in total. The predicted molar refractivity (Wildman–Crippen MR) is 125 cm³/mol. The number of rotatable bonds is 11. The second-order valence-corrected chi connectivity index (χ2v) is 10.1. The first-order chi connectivity index (χ1) is 15.5. The lowest BCUT2D eigenvalue weighted by molar-refractivity contribution is -0.143. The van der Waals surface area contributed by atoms with E-state index in [1.165, 1.54) is 24.3 Å². The first-order valence-electron chi connectivity index (χ1n) is 10.6. The van der Waals surface area contributed by atoms with Gasteiger partial charge in [-0.05, 0) is 36.2 Å². The van der Waals surface area contributed by atoms with Crippen molar-refractivity contribution in [2.75, 3.05) is 7.05 Å². The van der Waals surface area contributed by atoms with Gasteiger partial charge in [0.25, 0.3) is 0 Å². The maximum Gasteiger partial charge on any atom is 0.348 e. The van der Waals surface area contributed by atoms with Gasteiger partial charge in [0.2, 0.25) is 11.8 Å². The second kappa shape index (κ2) is 11.4. The molecule has 0 bridgehead atoms. The van der Waals surface area contributed by atoms with Crippen molar-refractivity contribution >= 4 is 19.4 Å². The Morgan fingerprint density at radius 3 is 2.00 bits per heavy atom. The van der Waals surface area contributed by atoms with E-state index in [9.17, 15) is 29.0 Å². The first kappa shape index (κ1) is 26.5. The maximum atomic E-state index is 13.7. The molecule has 0 aliphatic carbocycles. The number of hydrogen-bond acceptors (Lipinski definition) is 5. The van der Waals surface area contributed by atoms with Crippen molar-refractivity contribution in [3.05, 3.63) is 65.7 Å². The fraction of sp³-hybridized carbons (Fsp3) is 0.391. The van der Waals surface area contributed by atoms with Crippen LogP contribution in [0.2, 0.25) is 0 Å². The minimum Gasteiger partial charge on any atom is -0.508 e. The summed E-state index contributed by atoms with van der Waals surface area (Å²) in [6.07, 6.45) is -0.230. The van der Waals surface area contributed by atoms with Gasteiger partial charge in [-0.3, -0.25) is 14.2 Å². The second-order valence-electron chi connectivity index (χ2n) is 8.30. The SMILES string of the molecule is CN[C@H](C(=O)N([C@@H](Cc1ccc(O)cc1)P(=O)(O)O)[C@@H](Cc1ccccc1)C(N)=O)C(C)C. The molecule has 0 aromatic heterocycles. The van der Waals surface area contributed by atoms with E-state index in [1.807, 2.05) is 0 Å². The van der Waals surface area contributed by atoms with Crippen molar-refractivity contribution in [2.24, 2.45) is 11.7 Å². The van der Waals surface area contributed by atoms with Crippen molar-refractivity contribution in [3.8, 4) is 5.75 Å². The highest BCUT2D eigenvalue weighted by Crippen LogP contribution is 2.46. The molecule has 9 nitrogen and oxygen atoms in total. The quantitative estimate of drug-likeness (QED) is 0.308. The summed E-state index contributed by atoms with van der Waals surface area (Å²) >= 11 is 0. The van der Waals surface area contributed by atoms with Crippen LogP contribution in [0.15, 0.2) is 54.6 Å². The maximum absolute atomic E-state index is 13.7. The molecule has 0 radical (unpaired) electrons. The smallest absolute Gasteiger partial charge is 0.348 e. The van der Waals surface area contributed by atoms with E-state index in [-0.39, 0.29) is 24.5 Å². The third kappa shape index (κ3) is 7.14. The number of carbonyl (C=O) groups excluding carboxylic acids is 2. The molecule has 0 aliphatic rings. The molecular formula is C23H32N3O6P. The Labute approximate surface area is 193 Å². The lowest BCUT2D eigenvalue weighted by Gasteiger charge is -2.39. The molecule has 33 heavy (non-hydrogen) atoms. The van der Waals surface area contributed by atoms with Gasteiger partial charge in [0, 0.05) is 12.8 Å². The molecule has 0 saturated carbocycles. The van der Waals surface area contributed by atoms with Crippen LogP contribution in [0.5, 0.6) is 5.75 Å². The number of carbonyl (C=O) groups is 2. The standard InChI is InChI=1S/C23H32N3O6P/c1-15(2)21(25-3)23(29)26(19(22(24)28)13-16-7-5-4-6-8-16)20(33(30,31)32)14-17-9-11-18(27)12-10-17/h4-12,15,19-21,25,27H,13-14H2,1-3H3,(H2,24,28)(H2,30,31,32)/t19-,20+,21-/m0/s1. The minimum absolute atomic E-state index is 0.00250. The van der Waals surface area contributed by atoms with Crippen LogP contribution in [0.3, 0.4) is 0 Å². The van der Waals surface area contributed by atoms with Gasteiger partial charge in [-0.2, -0.15) is 0 Å². The fourth-order valence-electron chi connectivity index (χ4n) is 3.81. The molecule has 0 saturated heterocycles. The Balaban J connectivity index is 2.61. The summed E-state index contributed by atoms with van der Waals surface area (Å²) in [6, 6.07) is 12.5. The van der Waals surface area contributed by atoms with Gasteiger partial charge in [-0.1, -0.05) is 56.3 Å². The van der Waals surface area contributed by atoms with Crippen LogP contribution in [-0.4, -0.2) is 56.5 Å². The summed E-state index contributed by atoms with van der Waals surface area (Å²) in [5, 5.41) is 12.4. The molecule has 0 aliphatic heterocycles. The predicted octanol–water partition coefficient (Wildman–Crippen LogP) is 1.61. The van der Waals surface area contributed by atoms with E-state index in [4.69, 9.17) is 5.73 Å². The molecule has 0 fully saturated rings. The number of benzene rings is 2. The van der Waals surface area contributed by atoms with Crippen LogP contribution in [-0.2, 0) is 27.0 Å². The third-order valence-electron chi connectivity index (χ3n) is 5.50. The molecule has 2 rings (SSSR count). The summed E-state index contributed by atoms with van der Waals surface area (Å²) in [5.74, 6) is -3.35. The fourth-order valence-corrected chi connectivity index (χ4v) is 4.85. The van der Waals surface area contributed by atoms with Crippen molar-refractivity contribution in [2.45, 2.75) is 44.6 Å². The highest BCUT2D eigenvalue weighted by atomic mass is 31.2. The summed E-state index contributed by atoms with van der Waals surface area (Å²) in [4.78, 5) is 47.8. The molecule has 180 valence electrons. The number of phenols is 1. The molecule has 3 atom stereocenters. The van der Waals surface area contributed by atoms with Crippen molar-refractivity contribution < 1.29 is 29.0 Å². The number of amides is 2. The van der Waals surface area contributed by atoms with Crippen molar-refractivity contribution in [1.82, 2.24) is 10.2 Å². The molecule has 2 amide bonds. The van der Waals surface area contributed by atoms with Crippen LogP contribution in [0.4, 0.5) is 0 Å². The van der Waals surface area contributed by atoms with E-state index in [1.54, 1.807) is 51.2 Å². The van der Waals surface area contributed by atoms with Gasteiger partial charge in [-0.15, -0.1) is 0 Å². The van der Waals surface area contributed by atoms with Gasteiger partial charge in [0.05, 0.1) is 6.04 Å². The zero-order chi connectivity index (χ0) is 24.8. The Morgan fingerprint density at radius 1 is 1.00 bits per heavy atom.